The Morgan fingerprint density at radius 1 is 1.43 bits per heavy atom. The molecule has 2 aromatic rings. The van der Waals surface area contributed by atoms with Crippen LogP contribution < -0.4 is 5.32 Å². The third-order valence-electron chi connectivity index (χ3n) is 2.90. The molecule has 0 aliphatic carbocycles. The Morgan fingerprint density at radius 3 is 2.76 bits per heavy atom. The van der Waals surface area contributed by atoms with Gasteiger partial charge in [0.15, 0.2) is 0 Å². The van der Waals surface area contributed by atoms with Gasteiger partial charge >= 0.3 is 5.97 Å². The van der Waals surface area contributed by atoms with Gasteiger partial charge in [0.1, 0.15) is 11.3 Å². The van der Waals surface area contributed by atoms with Crippen molar-refractivity contribution >= 4 is 28.2 Å². The highest BCUT2D eigenvalue weighted by molar-refractivity contribution is 7.16. The summed E-state index contributed by atoms with van der Waals surface area (Å²) < 4.78 is 5.08. The molecule has 0 saturated carbocycles. The number of thiophene rings is 1. The minimum absolute atomic E-state index is 0.0916. The van der Waals surface area contributed by atoms with E-state index in [0.717, 1.165) is 10.4 Å². The molecule has 0 aromatic carbocycles. The average Bonchev–Trinajstić information content (AvgIpc) is 3.06. The summed E-state index contributed by atoms with van der Waals surface area (Å²) in [7, 11) is 0. The third kappa shape index (κ3) is 3.10. The highest BCUT2D eigenvalue weighted by atomic mass is 32.1. The van der Waals surface area contributed by atoms with Crippen molar-refractivity contribution in [2.24, 2.45) is 0 Å². The van der Waals surface area contributed by atoms with Crippen LogP contribution in [0.15, 0.2) is 6.33 Å². The van der Waals surface area contributed by atoms with Gasteiger partial charge in [-0.1, -0.05) is 6.92 Å². The number of aromatic amines is 1. The Balaban J connectivity index is 2.34. The lowest BCUT2D eigenvalue weighted by atomic mass is 10.1. The number of esters is 1. The molecular weight excluding hydrogens is 292 g/mol. The van der Waals surface area contributed by atoms with E-state index >= 15 is 0 Å². The molecule has 0 bridgehead atoms. The number of nitrogens with zero attached hydrogens (tertiary/aromatic N) is 2. The molecule has 0 radical (unpaired) electrons. The number of anilines is 1. The second kappa shape index (κ2) is 6.49. The Kier molecular flexibility index (Phi) is 4.69. The zero-order valence-corrected chi connectivity index (χ0v) is 12.8. The molecule has 0 aliphatic heterocycles. The van der Waals surface area contributed by atoms with Gasteiger partial charge in [0.25, 0.3) is 5.91 Å². The number of rotatable bonds is 5. The van der Waals surface area contributed by atoms with Gasteiger partial charge in [-0.25, -0.2) is 9.78 Å². The van der Waals surface area contributed by atoms with Crippen molar-refractivity contribution in [2.75, 3.05) is 11.9 Å². The van der Waals surface area contributed by atoms with Crippen molar-refractivity contribution < 1.29 is 14.3 Å². The summed E-state index contributed by atoms with van der Waals surface area (Å²) in [6, 6.07) is 0. The molecule has 8 heteroatoms. The van der Waals surface area contributed by atoms with Crippen LogP contribution in [0.5, 0.6) is 0 Å². The van der Waals surface area contributed by atoms with Gasteiger partial charge in [-0.3, -0.25) is 9.89 Å². The molecule has 0 spiro atoms. The van der Waals surface area contributed by atoms with Crippen molar-refractivity contribution in [3.63, 3.8) is 0 Å². The zero-order chi connectivity index (χ0) is 15.4. The first-order valence-corrected chi connectivity index (χ1v) is 7.36. The Labute approximate surface area is 125 Å². The number of aromatic nitrogens is 3. The van der Waals surface area contributed by atoms with E-state index < -0.39 is 11.9 Å². The van der Waals surface area contributed by atoms with Crippen LogP contribution in [0.1, 0.15) is 45.3 Å². The number of nitrogens with one attached hydrogen (secondary N) is 2. The largest absolute Gasteiger partial charge is 0.462 e. The normalized spacial score (nSPS) is 10.4. The van der Waals surface area contributed by atoms with Crippen LogP contribution in [0.3, 0.4) is 0 Å². The van der Waals surface area contributed by atoms with Crippen LogP contribution in [0.2, 0.25) is 0 Å². The number of ether oxygens (including phenoxy) is 1. The molecule has 2 rings (SSSR count). The van der Waals surface area contributed by atoms with Crippen molar-refractivity contribution in [3.05, 3.63) is 28.2 Å². The predicted octanol–water partition coefficient (Wildman–Crippen LogP) is 2.17. The molecule has 0 fully saturated rings. The smallest absolute Gasteiger partial charge is 0.341 e. The molecule has 1 amide bonds. The zero-order valence-electron chi connectivity index (χ0n) is 12.0. The van der Waals surface area contributed by atoms with E-state index in [4.69, 9.17) is 4.74 Å². The fourth-order valence-electron chi connectivity index (χ4n) is 1.99. The van der Waals surface area contributed by atoms with E-state index in [1.807, 2.05) is 13.8 Å². The number of carbonyl (C=O) groups excluding carboxylic acids is 2. The topological polar surface area (TPSA) is 97.0 Å². The minimum Gasteiger partial charge on any atom is -0.462 e. The van der Waals surface area contributed by atoms with Gasteiger partial charge in [0, 0.05) is 4.88 Å². The summed E-state index contributed by atoms with van der Waals surface area (Å²) in [4.78, 5) is 28.9. The van der Waals surface area contributed by atoms with Gasteiger partial charge in [-0.2, -0.15) is 5.10 Å². The van der Waals surface area contributed by atoms with Crippen molar-refractivity contribution in [1.29, 1.82) is 0 Å². The second-order valence-corrected chi connectivity index (χ2v) is 5.43. The fourth-order valence-corrected chi connectivity index (χ4v) is 3.12. The van der Waals surface area contributed by atoms with Crippen molar-refractivity contribution in [1.82, 2.24) is 15.2 Å². The first kappa shape index (κ1) is 15.2. The van der Waals surface area contributed by atoms with Crippen LogP contribution in [0, 0.1) is 6.92 Å². The van der Waals surface area contributed by atoms with Crippen LogP contribution >= 0.6 is 11.3 Å². The van der Waals surface area contributed by atoms with E-state index in [1.54, 1.807) is 6.92 Å². The van der Waals surface area contributed by atoms with Crippen LogP contribution in [0.25, 0.3) is 0 Å². The van der Waals surface area contributed by atoms with Crippen LogP contribution in [-0.4, -0.2) is 33.7 Å². The maximum atomic E-state index is 12.1. The van der Waals surface area contributed by atoms with Crippen molar-refractivity contribution in [3.8, 4) is 0 Å². The summed E-state index contributed by atoms with van der Waals surface area (Å²) in [6.45, 7) is 5.90. The quantitative estimate of drug-likeness (QED) is 0.825. The number of carbonyl (C=O) groups is 2. The lowest BCUT2D eigenvalue weighted by Gasteiger charge is -2.06. The molecule has 112 valence electrons. The fraction of sp³-hybridized carbons (Fsp3) is 0.385. The maximum absolute atomic E-state index is 12.1. The first-order valence-electron chi connectivity index (χ1n) is 6.54. The molecule has 0 saturated heterocycles. The molecule has 0 atom stereocenters. The number of hydrogen-bond acceptors (Lipinski definition) is 6. The van der Waals surface area contributed by atoms with E-state index in [-0.39, 0.29) is 12.4 Å². The second-order valence-electron chi connectivity index (χ2n) is 4.20. The Bertz CT molecular complexity index is 649. The number of aryl methyl sites for hydroxylation is 1. The summed E-state index contributed by atoms with van der Waals surface area (Å²) >= 11 is 1.35. The molecule has 21 heavy (non-hydrogen) atoms. The standard InChI is InChI=1S/C13H16N4O3S/c1-4-8-7(3)21-12(9(8)13(19)20-5-2)16-11(18)10-14-6-15-17-10/h6H,4-5H2,1-3H3,(H,16,18)(H,14,15,17). The lowest BCUT2D eigenvalue weighted by molar-refractivity contribution is 0.0527. The summed E-state index contributed by atoms with van der Waals surface area (Å²) in [5.74, 6) is -0.776. The van der Waals surface area contributed by atoms with Gasteiger partial charge in [0.2, 0.25) is 5.82 Å². The van der Waals surface area contributed by atoms with Gasteiger partial charge < -0.3 is 10.1 Å². The molecule has 2 N–H and O–H groups in total. The van der Waals surface area contributed by atoms with Gasteiger partial charge in [0.05, 0.1) is 12.2 Å². The van der Waals surface area contributed by atoms with Crippen LogP contribution in [-0.2, 0) is 11.2 Å². The summed E-state index contributed by atoms with van der Waals surface area (Å²) in [5, 5.41) is 9.28. The lowest BCUT2D eigenvalue weighted by Crippen LogP contribution is -2.16. The van der Waals surface area contributed by atoms with E-state index in [2.05, 4.69) is 20.5 Å². The molecular formula is C13H16N4O3S. The summed E-state index contributed by atoms with van der Waals surface area (Å²) in [6.07, 6.45) is 1.94. The molecule has 2 heterocycles. The first-order chi connectivity index (χ1) is 10.1. The highest BCUT2D eigenvalue weighted by Gasteiger charge is 2.24. The third-order valence-corrected chi connectivity index (χ3v) is 3.96. The highest BCUT2D eigenvalue weighted by Crippen LogP contribution is 2.34. The maximum Gasteiger partial charge on any atom is 0.341 e. The summed E-state index contributed by atoms with van der Waals surface area (Å²) in [5.41, 5.74) is 1.32. The number of hydrogen-bond donors (Lipinski definition) is 2. The predicted molar refractivity (Wildman–Crippen MR) is 78.7 cm³/mol. The van der Waals surface area contributed by atoms with Crippen LogP contribution in [0.4, 0.5) is 5.00 Å². The SMILES string of the molecule is CCOC(=O)c1c(NC(=O)c2ncn[nH]2)sc(C)c1CC. The average molecular weight is 308 g/mol. The number of amides is 1. The molecule has 2 aromatic heterocycles. The van der Waals surface area contributed by atoms with Crippen molar-refractivity contribution in [2.45, 2.75) is 27.2 Å². The Morgan fingerprint density at radius 2 is 2.19 bits per heavy atom. The van der Waals surface area contributed by atoms with Gasteiger partial charge in [-0.15, -0.1) is 11.3 Å². The van der Waals surface area contributed by atoms with E-state index in [9.17, 15) is 9.59 Å². The molecule has 0 unspecified atom stereocenters. The van der Waals surface area contributed by atoms with Gasteiger partial charge in [-0.05, 0) is 25.8 Å². The minimum atomic E-state index is -0.443. The molecule has 0 aliphatic rings. The van der Waals surface area contributed by atoms with E-state index in [0.29, 0.717) is 17.0 Å². The monoisotopic (exact) mass is 308 g/mol. The number of H-pyrrole nitrogens is 1. The Hall–Kier alpha value is -2.22. The molecule has 7 nitrogen and oxygen atoms in total. The van der Waals surface area contributed by atoms with E-state index in [1.165, 1.54) is 17.7 Å².